The van der Waals surface area contributed by atoms with E-state index in [9.17, 15) is 9.59 Å². The van der Waals surface area contributed by atoms with E-state index < -0.39 is 5.56 Å². The first-order chi connectivity index (χ1) is 11.5. The zero-order valence-corrected chi connectivity index (χ0v) is 14.9. The summed E-state index contributed by atoms with van der Waals surface area (Å²) in [6, 6.07) is 10.6. The average molecular weight is 346 g/mol. The van der Waals surface area contributed by atoms with Crippen molar-refractivity contribution < 1.29 is 9.53 Å². The normalized spacial score (nSPS) is 10.7. The van der Waals surface area contributed by atoms with Crippen LogP contribution in [0.1, 0.15) is 24.2 Å². The second-order valence-electron chi connectivity index (χ2n) is 5.52. The van der Waals surface area contributed by atoms with Gasteiger partial charge in [0.05, 0.1) is 7.11 Å². The smallest absolute Gasteiger partial charge is 0.261 e. The van der Waals surface area contributed by atoms with Crippen molar-refractivity contribution in [3.8, 4) is 17.0 Å². The van der Waals surface area contributed by atoms with E-state index >= 15 is 0 Å². The number of carbonyl (C=O) groups is 1. The van der Waals surface area contributed by atoms with Crippen LogP contribution in [0.5, 0.6) is 5.75 Å². The lowest BCUT2D eigenvalue weighted by Gasteiger charge is -2.08. The molecule has 2 N–H and O–H groups in total. The maximum absolute atomic E-state index is 12.2. The molecule has 0 aliphatic heterocycles. The Labute approximate surface area is 145 Å². The Hall–Kier alpha value is -2.21. The number of rotatable bonds is 7. The van der Waals surface area contributed by atoms with Gasteiger partial charge >= 0.3 is 0 Å². The third-order valence-electron chi connectivity index (χ3n) is 3.39. The fourth-order valence-electron chi connectivity index (χ4n) is 2.15. The highest BCUT2D eigenvalue weighted by molar-refractivity contribution is 7.99. The zero-order valence-electron chi connectivity index (χ0n) is 14.1. The highest BCUT2D eigenvalue weighted by Gasteiger charge is 2.11. The minimum atomic E-state index is -0.391. The molecule has 128 valence electrons. The topological polar surface area (TPSA) is 71.2 Å². The minimum absolute atomic E-state index is 0.127. The molecule has 6 heteroatoms. The van der Waals surface area contributed by atoms with Crippen LogP contribution in [0.4, 0.5) is 0 Å². The number of ether oxygens (including phenoxy) is 1. The van der Waals surface area contributed by atoms with Crippen molar-refractivity contribution in [3.05, 3.63) is 52.3 Å². The Morgan fingerprint density at radius 1 is 1.21 bits per heavy atom. The maximum Gasteiger partial charge on any atom is 0.261 e. The molecule has 2 rings (SSSR count). The van der Waals surface area contributed by atoms with Crippen LogP contribution < -0.4 is 15.6 Å². The van der Waals surface area contributed by atoms with Crippen LogP contribution in [0.2, 0.25) is 0 Å². The van der Waals surface area contributed by atoms with Gasteiger partial charge in [0.25, 0.3) is 11.5 Å². The van der Waals surface area contributed by atoms with E-state index in [1.807, 2.05) is 24.3 Å². The summed E-state index contributed by atoms with van der Waals surface area (Å²) < 4.78 is 5.11. The summed E-state index contributed by atoms with van der Waals surface area (Å²) >= 11 is 1.76. The molecule has 5 nitrogen and oxygen atoms in total. The summed E-state index contributed by atoms with van der Waals surface area (Å²) in [5, 5.41) is 3.30. The number of thioether (sulfide) groups is 1. The molecule has 1 heterocycles. The zero-order chi connectivity index (χ0) is 17.5. The Morgan fingerprint density at radius 2 is 1.92 bits per heavy atom. The van der Waals surface area contributed by atoms with Crippen molar-refractivity contribution >= 4 is 17.7 Å². The van der Waals surface area contributed by atoms with E-state index in [-0.39, 0.29) is 11.5 Å². The predicted molar refractivity (Wildman–Crippen MR) is 99.0 cm³/mol. The third-order valence-corrected chi connectivity index (χ3v) is 4.50. The van der Waals surface area contributed by atoms with Crippen molar-refractivity contribution in [2.75, 3.05) is 19.4 Å². The molecule has 0 bridgehead atoms. The molecular formula is C18H22N2O3S. The number of methoxy groups -OCH3 is 1. The van der Waals surface area contributed by atoms with Gasteiger partial charge in [-0.25, -0.2) is 0 Å². The van der Waals surface area contributed by atoms with E-state index in [1.54, 1.807) is 31.0 Å². The number of hydrogen-bond acceptors (Lipinski definition) is 4. The third kappa shape index (κ3) is 4.89. The van der Waals surface area contributed by atoms with Crippen LogP contribution in [-0.4, -0.2) is 35.5 Å². The Kier molecular flexibility index (Phi) is 6.49. The van der Waals surface area contributed by atoms with E-state index in [0.29, 0.717) is 17.5 Å². The molecule has 0 saturated heterocycles. The first kappa shape index (κ1) is 18.1. The molecule has 1 aromatic carbocycles. The number of aromatic amines is 1. The van der Waals surface area contributed by atoms with Crippen LogP contribution in [0.25, 0.3) is 11.3 Å². The Balaban J connectivity index is 2.05. The van der Waals surface area contributed by atoms with Gasteiger partial charge in [-0.05, 0) is 47.2 Å². The van der Waals surface area contributed by atoms with E-state index in [4.69, 9.17) is 4.74 Å². The lowest BCUT2D eigenvalue weighted by atomic mass is 10.1. The van der Waals surface area contributed by atoms with E-state index in [2.05, 4.69) is 24.1 Å². The molecular weight excluding hydrogens is 324 g/mol. The highest BCUT2D eigenvalue weighted by Crippen LogP contribution is 2.19. The summed E-state index contributed by atoms with van der Waals surface area (Å²) in [4.78, 5) is 27.0. The fraction of sp³-hybridized carbons (Fsp3) is 0.333. The summed E-state index contributed by atoms with van der Waals surface area (Å²) in [5.41, 5.74) is 1.25. The van der Waals surface area contributed by atoms with Gasteiger partial charge < -0.3 is 15.0 Å². The van der Waals surface area contributed by atoms with Gasteiger partial charge in [-0.2, -0.15) is 11.8 Å². The van der Waals surface area contributed by atoms with Crippen LogP contribution in [-0.2, 0) is 0 Å². The van der Waals surface area contributed by atoms with Crippen LogP contribution in [0, 0.1) is 0 Å². The first-order valence-corrected chi connectivity index (χ1v) is 8.83. The molecule has 0 fully saturated rings. The largest absolute Gasteiger partial charge is 0.497 e. The van der Waals surface area contributed by atoms with Crippen molar-refractivity contribution in [2.45, 2.75) is 19.1 Å². The fourth-order valence-corrected chi connectivity index (χ4v) is 2.84. The lowest BCUT2D eigenvalue weighted by Crippen LogP contribution is -2.31. The summed E-state index contributed by atoms with van der Waals surface area (Å²) in [7, 11) is 1.60. The second kappa shape index (κ2) is 8.59. The number of nitrogens with one attached hydrogen (secondary N) is 2. The van der Waals surface area contributed by atoms with E-state index in [0.717, 1.165) is 17.1 Å². The number of H-pyrrole nitrogens is 1. The molecule has 1 amide bonds. The monoisotopic (exact) mass is 346 g/mol. The van der Waals surface area contributed by atoms with Crippen LogP contribution in [0.15, 0.2) is 41.2 Å². The van der Waals surface area contributed by atoms with Crippen LogP contribution >= 0.6 is 11.8 Å². The lowest BCUT2D eigenvalue weighted by molar-refractivity contribution is 0.0954. The van der Waals surface area contributed by atoms with Crippen molar-refractivity contribution in [3.63, 3.8) is 0 Å². The van der Waals surface area contributed by atoms with Crippen LogP contribution in [0.3, 0.4) is 0 Å². The molecule has 0 saturated carbocycles. The van der Waals surface area contributed by atoms with Gasteiger partial charge in [0, 0.05) is 18.0 Å². The molecule has 0 unspecified atom stereocenters. The molecule has 0 spiro atoms. The van der Waals surface area contributed by atoms with Gasteiger partial charge in [0.2, 0.25) is 0 Å². The Morgan fingerprint density at radius 3 is 2.50 bits per heavy atom. The quantitative estimate of drug-likeness (QED) is 0.756. The Bertz CT molecular complexity index is 739. The van der Waals surface area contributed by atoms with E-state index in [1.165, 1.54) is 0 Å². The predicted octanol–water partition coefficient (Wildman–Crippen LogP) is 2.92. The van der Waals surface area contributed by atoms with Gasteiger partial charge in [-0.3, -0.25) is 9.59 Å². The van der Waals surface area contributed by atoms with Crippen molar-refractivity contribution in [1.82, 2.24) is 10.3 Å². The minimum Gasteiger partial charge on any atom is -0.497 e. The van der Waals surface area contributed by atoms with Gasteiger partial charge in [-0.15, -0.1) is 0 Å². The molecule has 24 heavy (non-hydrogen) atoms. The van der Waals surface area contributed by atoms with Gasteiger partial charge in [-0.1, -0.05) is 13.8 Å². The molecule has 0 radical (unpaired) electrons. The number of aromatic nitrogens is 1. The van der Waals surface area contributed by atoms with Gasteiger partial charge in [0.15, 0.2) is 0 Å². The average Bonchev–Trinajstić information content (AvgIpc) is 2.58. The SMILES string of the molecule is COc1ccc(-c2ccc(C(=O)NCCSC(C)C)c(=O)[nH]2)cc1. The molecule has 0 aliphatic rings. The summed E-state index contributed by atoms with van der Waals surface area (Å²) in [6.07, 6.45) is 0. The van der Waals surface area contributed by atoms with Crippen molar-refractivity contribution in [2.24, 2.45) is 0 Å². The van der Waals surface area contributed by atoms with Crippen molar-refractivity contribution in [1.29, 1.82) is 0 Å². The second-order valence-corrected chi connectivity index (χ2v) is 7.20. The molecule has 2 aromatic rings. The molecule has 1 aromatic heterocycles. The maximum atomic E-state index is 12.2. The number of amides is 1. The highest BCUT2D eigenvalue weighted by atomic mass is 32.2. The molecule has 0 aliphatic carbocycles. The summed E-state index contributed by atoms with van der Waals surface area (Å²) in [6.45, 7) is 4.76. The number of hydrogen-bond donors (Lipinski definition) is 2. The molecule has 0 atom stereocenters. The summed E-state index contributed by atoms with van der Waals surface area (Å²) in [5.74, 6) is 1.23. The number of benzene rings is 1. The first-order valence-electron chi connectivity index (χ1n) is 7.79. The standard InChI is InChI=1S/C18H22N2O3S/c1-12(2)24-11-10-19-17(21)15-8-9-16(20-18(15)22)13-4-6-14(23-3)7-5-13/h4-9,12H,10-11H2,1-3H3,(H,19,21)(H,20,22). The number of carbonyl (C=O) groups excluding carboxylic acids is 1. The van der Waals surface area contributed by atoms with Gasteiger partial charge in [0.1, 0.15) is 11.3 Å². The number of pyridine rings is 1.